The first-order valence-corrected chi connectivity index (χ1v) is 7.49. The summed E-state index contributed by atoms with van der Waals surface area (Å²) in [6, 6.07) is 10.4. The van der Waals surface area contributed by atoms with Crippen molar-refractivity contribution < 1.29 is 0 Å². The van der Waals surface area contributed by atoms with Crippen molar-refractivity contribution in [3.63, 3.8) is 0 Å². The number of likely N-dealkylation sites (N-methyl/N-ethyl adjacent to an activating group) is 1. The molecule has 0 bridgehead atoms. The highest BCUT2D eigenvalue weighted by Gasteiger charge is 2.14. The third-order valence-electron chi connectivity index (χ3n) is 3.84. The van der Waals surface area contributed by atoms with Crippen LogP contribution >= 0.6 is 0 Å². The van der Waals surface area contributed by atoms with Crippen molar-refractivity contribution in [2.75, 3.05) is 6.54 Å². The van der Waals surface area contributed by atoms with Crippen LogP contribution in [0.1, 0.15) is 35.2 Å². The van der Waals surface area contributed by atoms with Gasteiger partial charge in [0.2, 0.25) is 0 Å². The van der Waals surface area contributed by atoms with Crippen molar-refractivity contribution in [3.8, 4) is 0 Å². The van der Waals surface area contributed by atoms with Crippen LogP contribution in [0.5, 0.6) is 0 Å². The van der Waals surface area contributed by atoms with Crippen LogP contribution in [0, 0.1) is 20.8 Å². The number of aromatic nitrogens is 1. The molecule has 21 heavy (non-hydrogen) atoms. The van der Waals surface area contributed by atoms with E-state index in [1.165, 1.54) is 16.7 Å². The molecule has 0 aliphatic heterocycles. The third kappa shape index (κ3) is 3.61. The second-order valence-electron chi connectivity index (χ2n) is 5.62. The zero-order chi connectivity index (χ0) is 15.4. The molecule has 1 unspecified atom stereocenters. The number of pyridine rings is 1. The van der Waals surface area contributed by atoms with Gasteiger partial charge in [-0.3, -0.25) is 4.79 Å². The summed E-state index contributed by atoms with van der Waals surface area (Å²) in [6.07, 6.45) is 1.86. The van der Waals surface area contributed by atoms with Crippen molar-refractivity contribution >= 4 is 0 Å². The Bertz CT molecular complexity index is 673. The molecule has 3 nitrogen and oxygen atoms in total. The molecule has 0 fully saturated rings. The average molecular weight is 284 g/mol. The Morgan fingerprint density at radius 2 is 1.90 bits per heavy atom. The minimum atomic E-state index is 0.0881. The number of rotatable bonds is 5. The van der Waals surface area contributed by atoms with Gasteiger partial charge in [0.25, 0.3) is 5.56 Å². The Balaban J connectivity index is 2.35. The molecule has 1 atom stereocenters. The molecule has 2 aromatic rings. The quantitative estimate of drug-likeness (QED) is 0.915. The van der Waals surface area contributed by atoms with Gasteiger partial charge >= 0.3 is 0 Å². The lowest BCUT2D eigenvalue weighted by Gasteiger charge is -2.22. The van der Waals surface area contributed by atoms with Crippen LogP contribution in [0.4, 0.5) is 0 Å². The van der Waals surface area contributed by atoms with Crippen LogP contribution in [0.15, 0.2) is 41.3 Å². The van der Waals surface area contributed by atoms with E-state index in [-0.39, 0.29) is 11.6 Å². The Morgan fingerprint density at radius 1 is 1.14 bits per heavy atom. The molecule has 1 N–H and O–H groups in total. The summed E-state index contributed by atoms with van der Waals surface area (Å²) >= 11 is 0. The van der Waals surface area contributed by atoms with Gasteiger partial charge in [-0.05, 0) is 44.5 Å². The molecule has 1 aromatic carbocycles. The maximum Gasteiger partial charge on any atom is 0.253 e. The summed E-state index contributed by atoms with van der Waals surface area (Å²) in [5, 5.41) is 3.49. The summed E-state index contributed by atoms with van der Waals surface area (Å²) in [5.74, 6) is 0. The highest BCUT2D eigenvalue weighted by atomic mass is 16.1. The monoisotopic (exact) mass is 284 g/mol. The molecule has 0 saturated carbocycles. The zero-order valence-electron chi connectivity index (χ0n) is 13.3. The van der Waals surface area contributed by atoms with Gasteiger partial charge in [0.15, 0.2) is 0 Å². The van der Waals surface area contributed by atoms with Crippen molar-refractivity contribution in [2.24, 2.45) is 0 Å². The van der Waals surface area contributed by atoms with Crippen LogP contribution < -0.4 is 10.9 Å². The largest absolute Gasteiger partial charge is 0.313 e. The first-order valence-electron chi connectivity index (χ1n) is 7.49. The van der Waals surface area contributed by atoms with E-state index in [0.717, 1.165) is 12.1 Å². The van der Waals surface area contributed by atoms with E-state index in [2.05, 4.69) is 44.3 Å². The Kier molecular flexibility index (Phi) is 4.97. The molecule has 0 spiro atoms. The summed E-state index contributed by atoms with van der Waals surface area (Å²) in [5.41, 5.74) is 4.66. The normalized spacial score (nSPS) is 12.4. The highest BCUT2D eigenvalue weighted by molar-refractivity contribution is 5.32. The molecule has 1 heterocycles. The molecule has 112 valence electrons. The van der Waals surface area contributed by atoms with E-state index in [1.54, 1.807) is 4.57 Å². The number of hydrogen-bond acceptors (Lipinski definition) is 2. The maximum atomic E-state index is 12.2. The summed E-state index contributed by atoms with van der Waals surface area (Å²) in [4.78, 5) is 12.2. The van der Waals surface area contributed by atoms with Gasteiger partial charge in [0, 0.05) is 18.3 Å². The van der Waals surface area contributed by atoms with Gasteiger partial charge in [-0.15, -0.1) is 0 Å². The predicted octanol–water partition coefficient (Wildman–Crippen LogP) is 3.12. The topological polar surface area (TPSA) is 34.0 Å². The molecule has 0 aliphatic carbocycles. The predicted molar refractivity (Wildman–Crippen MR) is 87.8 cm³/mol. The third-order valence-corrected chi connectivity index (χ3v) is 3.84. The van der Waals surface area contributed by atoms with Gasteiger partial charge in [-0.2, -0.15) is 0 Å². The number of benzene rings is 1. The highest BCUT2D eigenvalue weighted by Crippen LogP contribution is 2.20. The summed E-state index contributed by atoms with van der Waals surface area (Å²) < 4.78 is 1.79. The molecule has 0 saturated heterocycles. The van der Waals surface area contributed by atoms with Gasteiger partial charge in [-0.1, -0.05) is 36.8 Å². The SMILES string of the molecule is CCNC(Cn1cccc(C)c1=O)c1ccc(C)cc1C. The van der Waals surface area contributed by atoms with Crippen LogP contribution in [0.3, 0.4) is 0 Å². The lowest BCUT2D eigenvalue weighted by atomic mass is 9.99. The second kappa shape index (κ2) is 6.72. The Morgan fingerprint density at radius 3 is 2.57 bits per heavy atom. The molecule has 0 aliphatic rings. The maximum absolute atomic E-state index is 12.2. The minimum Gasteiger partial charge on any atom is -0.313 e. The van der Waals surface area contributed by atoms with Gasteiger partial charge in [-0.25, -0.2) is 0 Å². The van der Waals surface area contributed by atoms with Crippen molar-refractivity contribution in [1.82, 2.24) is 9.88 Å². The van der Waals surface area contributed by atoms with Gasteiger partial charge < -0.3 is 9.88 Å². The second-order valence-corrected chi connectivity index (χ2v) is 5.62. The molecule has 0 amide bonds. The van der Waals surface area contributed by atoms with E-state index in [4.69, 9.17) is 0 Å². The number of aryl methyl sites for hydroxylation is 3. The Hall–Kier alpha value is -1.87. The fourth-order valence-corrected chi connectivity index (χ4v) is 2.73. The Labute approximate surface area is 126 Å². The average Bonchev–Trinajstić information content (AvgIpc) is 2.43. The molecule has 2 rings (SSSR count). The fourth-order valence-electron chi connectivity index (χ4n) is 2.73. The van der Waals surface area contributed by atoms with Crippen LogP contribution in [0.2, 0.25) is 0 Å². The lowest BCUT2D eigenvalue weighted by Crippen LogP contribution is -2.31. The van der Waals surface area contributed by atoms with Crippen molar-refractivity contribution in [3.05, 3.63) is 69.1 Å². The van der Waals surface area contributed by atoms with E-state index in [0.29, 0.717) is 6.54 Å². The van der Waals surface area contributed by atoms with Crippen LogP contribution in [-0.4, -0.2) is 11.1 Å². The molecular formula is C18H24N2O. The van der Waals surface area contributed by atoms with E-state index < -0.39 is 0 Å². The smallest absolute Gasteiger partial charge is 0.253 e. The van der Waals surface area contributed by atoms with Crippen LogP contribution in [0.25, 0.3) is 0 Å². The zero-order valence-corrected chi connectivity index (χ0v) is 13.3. The molecule has 1 aromatic heterocycles. The lowest BCUT2D eigenvalue weighted by molar-refractivity contribution is 0.464. The first-order chi connectivity index (χ1) is 10.0. The van der Waals surface area contributed by atoms with E-state index in [1.807, 2.05) is 25.3 Å². The number of hydrogen-bond donors (Lipinski definition) is 1. The molecule has 3 heteroatoms. The van der Waals surface area contributed by atoms with Gasteiger partial charge in [0.1, 0.15) is 0 Å². The molecule has 0 radical (unpaired) electrons. The first kappa shape index (κ1) is 15.5. The standard InChI is InChI=1S/C18H24N2O/c1-5-19-17(16-9-8-13(2)11-15(16)4)12-20-10-6-7-14(3)18(20)21/h6-11,17,19H,5,12H2,1-4H3. The summed E-state index contributed by atoms with van der Waals surface area (Å²) in [6.45, 7) is 9.71. The number of nitrogens with zero attached hydrogens (tertiary/aromatic N) is 1. The van der Waals surface area contributed by atoms with Crippen molar-refractivity contribution in [2.45, 2.75) is 40.3 Å². The minimum absolute atomic E-state index is 0.0881. The van der Waals surface area contributed by atoms with Crippen LogP contribution in [-0.2, 0) is 6.54 Å². The van der Waals surface area contributed by atoms with E-state index in [9.17, 15) is 4.79 Å². The number of nitrogens with one attached hydrogen (secondary N) is 1. The van der Waals surface area contributed by atoms with E-state index >= 15 is 0 Å². The van der Waals surface area contributed by atoms with Crippen molar-refractivity contribution in [1.29, 1.82) is 0 Å². The van der Waals surface area contributed by atoms with Gasteiger partial charge in [0.05, 0.1) is 6.04 Å². The summed E-state index contributed by atoms with van der Waals surface area (Å²) in [7, 11) is 0. The fraction of sp³-hybridized carbons (Fsp3) is 0.389. The molecular weight excluding hydrogens is 260 g/mol.